The third kappa shape index (κ3) is 3.80. The van der Waals surface area contributed by atoms with E-state index in [1.807, 2.05) is 13.8 Å². The van der Waals surface area contributed by atoms with Crippen LogP contribution in [0, 0.1) is 5.92 Å². The van der Waals surface area contributed by atoms with Gasteiger partial charge in [0, 0.05) is 0 Å². The Bertz CT molecular complexity index is 184. The Balaban J connectivity index is 0.000000671. The first-order chi connectivity index (χ1) is 6.25. The molecular weight excluding hydrogens is 156 g/mol. The van der Waals surface area contributed by atoms with Crippen molar-refractivity contribution in [3.05, 3.63) is 23.3 Å². The molecule has 13 heavy (non-hydrogen) atoms. The molecule has 1 atom stereocenters. The van der Waals surface area contributed by atoms with Gasteiger partial charge in [-0.15, -0.1) is 0 Å². The van der Waals surface area contributed by atoms with Crippen LogP contribution in [0.2, 0.25) is 0 Å². The standard InChI is InChI=1S/C11H18.C2H6/c1-4-6-11-9(2)7-5-8-10(11)3;1-2/h4,6,9H,5,7-8H2,1-3H3;1-2H3/b6-4-;. The fourth-order valence-electron chi connectivity index (χ4n) is 1.88. The van der Waals surface area contributed by atoms with Crippen molar-refractivity contribution in [2.45, 2.75) is 53.9 Å². The lowest BCUT2D eigenvalue weighted by molar-refractivity contribution is 0.546. The second-order valence-electron chi connectivity index (χ2n) is 3.53. The van der Waals surface area contributed by atoms with E-state index in [9.17, 15) is 0 Å². The molecular formula is C13H24. The quantitative estimate of drug-likeness (QED) is 0.547. The van der Waals surface area contributed by atoms with Crippen molar-refractivity contribution in [1.82, 2.24) is 0 Å². The molecule has 1 aliphatic rings. The first-order valence-electron chi connectivity index (χ1n) is 5.58. The van der Waals surface area contributed by atoms with Crippen LogP contribution >= 0.6 is 0 Å². The molecule has 0 bridgehead atoms. The van der Waals surface area contributed by atoms with E-state index < -0.39 is 0 Å². The largest absolute Gasteiger partial charge is 0.0874 e. The summed E-state index contributed by atoms with van der Waals surface area (Å²) in [4.78, 5) is 0. The maximum atomic E-state index is 2.33. The van der Waals surface area contributed by atoms with E-state index >= 15 is 0 Å². The minimum atomic E-state index is 0.792. The summed E-state index contributed by atoms with van der Waals surface area (Å²) in [6.07, 6.45) is 8.49. The molecule has 0 nitrogen and oxygen atoms in total. The second-order valence-corrected chi connectivity index (χ2v) is 3.53. The van der Waals surface area contributed by atoms with E-state index in [0.29, 0.717) is 0 Å². The fraction of sp³-hybridized carbons (Fsp3) is 0.692. The SMILES string of the molecule is C/C=C\C1=C(C)CCCC1C.CC. The van der Waals surface area contributed by atoms with E-state index in [1.165, 1.54) is 19.3 Å². The van der Waals surface area contributed by atoms with Crippen molar-refractivity contribution in [2.24, 2.45) is 5.92 Å². The summed E-state index contributed by atoms with van der Waals surface area (Å²) in [6, 6.07) is 0. The van der Waals surface area contributed by atoms with Crippen LogP contribution in [0.25, 0.3) is 0 Å². The fourth-order valence-corrected chi connectivity index (χ4v) is 1.88. The molecule has 0 aromatic heterocycles. The number of hydrogen-bond acceptors (Lipinski definition) is 0. The Kier molecular flexibility index (Phi) is 6.66. The van der Waals surface area contributed by atoms with Crippen molar-refractivity contribution >= 4 is 0 Å². The van der Waals surface area contributed by atoms with Crippen molar-refractivity contribution in [1.29, 1.82) is 0 Å². The molecule has 1 aliphatic carbocycles. The van der Waals surface area contributed by atoms with Gasteiger partial charge in [-0.1, -0.05) is 38.5 Å². The monoisotopic (exact) mass is 180 g/mol. The zero-order valence-electron chi connectivity index (χ0n) is 9.85. The van der Waals surface area contributed by atoms with Gasteiger partial charge in [0.05, 0.1) is 0 Å². The molecule has 0 heterocycles. The summed E-state index contributed by atoms with van der Waals surface area (Å²) in [5.74, 6) is 0.792. The lowest BCUT2D eigenvalue weighted by Gasteiger charge is -2.21. The van der Waals surface area contributed by atoms with Gasteiger partial charge in [0.25, 0.3) is 0 Å². The van der Waals surface area contributed by atoms with Crippen LogP contribution in [-0.2, 0) is 0 Å². The van der Waals surface area contributed by atoms with Gasteiger partial charge in [-0.05, 0) is 44.6 Å². The Morgan fingerprint density at radius 2 is 1.92 bits per heavy atom. The number of rotatable bonds is 1. The van der Waals surface area contributed by atoms with Gasteiger partial charge >= 0.3 is 0 Å². The highest BCUT2D eigenvalue weighted by Crippen LogP contribution is 2.30. The van der Waals surface area contributed by atoms with Gasteiger partial charge < -0.3 is 0 Å². The summed E-state index contributed by atoms with van der Waals surface area (Å²) >= 11 is 0. The Hall–Kier alpha value is -0.520. The lowest BCUT2D eigenvalue weighted by Crippen LogP contribution is -2.05. The third-order valence-electron chi connectivity index (χ3n) is 2.56. The first-order valence-corrected chi connectivity index (χ1v) is 5.58. The van der Waals surface area contributed by atoms with Gasteiger partial charge in [0.15, 0.2) is 0 Å². The highest BCUT2D eigenvalue weighted by Gasteiger charge is 2.13. The van der Waals surface area contributed by atoms with Crippen LogP contribution in [0.1, 0.15) is 53.9 Å². The van der Waals surface area contributed by atoms with Crippen molar-refractivity contribution in [3.8, 4) is 0 Å². The minimum Gasteiger partial charge on any atom is -0.0874 e. The minimum absolute atomic E-state index is 0.792. The molecule has 0 fully saturated rings. The molecule has 0 N–H and O–H groups in total. The highest BCUT2D eigenvalue weighted by molar-refractivity contribution is 5.28. The normalized spacial score (nSPS) is 23.0. The van der Waals surface area contributed by atoms with E-state index in [-0.39, 0.29) is 0 Å². The Morgan fingerprint density at radius 3 is 2.38 bits per heavy atom. The van der Waals surface area contributed by atoms with E-state index in [0.717, 1.165) is 5.92 Å². The maximum absolute atomic E-state index is 2.33. The average Bonchev–Trinajstić information content (AvgIpc) is 2.15. The van der Waals surface area contributed by atoms with E-state index in [2.05, 4.69) is 32.9 Å². The van der Waals surface area contributed by atoms with Crippen molar-refractivity contribution in [2.75, 3.05) is 0 Å². The smallest absolute Gasteiger partial charge is 0.0191 e. The van der Waals surface area contributed by atoms with Crippen LogP contribution in [0.3, 0.4) is 0 Å². The lowest BCUT2D eigenvalue weighted by atomic mass is 9.84. The maximum Gasteiger partial charge on any atom is -0.0191 e. The molecule has 0 radical (unpaired) electrons. The van der Waals surface area contributed by atoms with E-state index in [1.54, 1.807) is 11.1 Å². The van der Waals surface area contributed by atoms with Gasteiger partial charge in [0.2, 0.25) is 0 Å². The topological polar surface area (TPSA) is 0 Å². The molecule has 1 unspecified atom stereocenters. The van der Waals surface area contributed by atoms with Crippen LogP contribution < -0.4 is 0 Å². The van der Waals surface area contributed by atoms with Gasteiger partial charge in [-0.2, -0.15) is 0 Å². The second kappa shape index (κ2) is 6.94. The van der Waals surface area contributed by atoms with Crippen LogP contribution in [0.4, 0.5) is 0 Å². The Morgan fingerprint density at radius 1 is 1.31 bits per heavy atom. The van der Waals surface area contributed by atoms with Crippen molar-refractivity contribution < 1.29 is 0 Å². The molecule has 0 aromatic carbocycles. The molecule has 76 valence electrons. The van der Waals surface area contributed by atoms with Crippen LogP contribution in [0.5, 0.6) is 0 Å². The summed E-state index contributed by atoms with van der Waals surface area (Å²) < 4.78 is 0. The zero-order chi connectivity index (χ0) is 10.3. The van der Waals surface area contributed by atoms with E-state index in [4.69, 9.17) is 0 Å². The van der Waals surface area contributed by atoms with Crippen LogP contribution in [-0.4, -0.2) is 0 Å². The predicted molar refractivity (Wildman–Crippen MR) is 61.9 cm³/mol. The highest BCUT2D eigenvalue weighted by atomic mass is 14.2. The Labute approximate surface area is 83.7 Å². The molecule has 0 amide bonds. The first kappa shape index (κ1) is 12.5. The zero-order valence-corrected chi connectivity index (χ0v) is 9.85. The molecule has 0 saturated heterocycles. The molecule has 0 aliphatic heterocycles. The van der Waals surface area contributed by atoms with Gasteiger partial charge in [-0.25, -0.2) is 0 Å². The van der Waals surface area contributed by atoms with Crippen molar-refractivity contribution in [3.63, 3.8) is 0 Å². The summed E-state index contributed by atoms with van der Waals surface area (Å²) in [5.41, 5.74) is 3.18. The predicted octanol–water partition coefficient (Wildman–Crippen LogP) is 4.73. The summed E-state index contributed by atoms with van der Waals surface area (Å²) in [7, 11) is 0. The summed E-state index contributed by atoms with van der Waals surface area (Å²) in [5, 5.41) is 0. The third-order valence-corrected chi connectivity index (χ3v) is 2.56. The average molecular weight is 180 g/mol. The van der Waals surface area contributed by atoms with Gasteiger partial charge in [0.1, 0.15) is 0 Å². The number of allylic oxidation sites excluding steroid dienone is 4. The molecule has 0 heteroatoms. The molecule has 0 saturated carbocycles. The van der Waals surface area contributed by atoms with Gasteiger partial charge in [-0.3, -0.25) is 0 Å². The molecule has 1 rings (SSSR count). The molecule has 0 spiro atoms. The van der Waals surface area contributed by atoms with Crippen LogP contribution in [0.15, 0.2) is 23.3 Å². The molecule has 0 aromatic rings. The number of hydrogen-bond donors (Lipinski definition) is 0. The summed E-state index contributed by atoms with van der Waals surface area (Å²) in [6.45, 7) is 10.7.